The van der Waals surface area contributed by atoms with Crippen LogP contribution in [0.3, 0.4) is 0 Å². The van der Waals surface area contributed by atoms with Gasteiger partial charge in [0, 0.05) is 6.20 Å². The molecular formula is C16H14FN3O2. The van der Waals surface area contributed by atoms with Gasteiger partial charge < -0.3 is 14.5 Å². The highest BCUT2D eigenvalue weighted by Gasteiger charge is 2.06. The normalized spacial score (nSPS) is 10.6. The Morgan fingerprint density at radius 3 is 2.86 bits per heavy atom. The van der Waals surface area contributed by atoms with E-state index in [0.717, 1.165) is 11.3 Å². The van der Waals surface area contributed by atoms with Crippen molar-refractivity contribution < 1.29 is 13.9 Å². The number of benzene rings is 1. The molecule has 3 rings (SSSR count). The summed E-state index contributed by atoms with van der Waals surface area (Å²) in [5, 5.41) is 2.74. The van der Waals surface area contributed by atoms with Gasteiger partial charge in [0.2, 0.25) is 0 Å². The fourth-order valence-electron chi connectivity index (χ4n) is 2.04. The summed E-state index contributed by atoms with van der Waals surface area (Å²) in [6, 6.07) is 11.3. The van der Waals surface area contributed by atoms with Crippen molar-refractivity contribution in [2.24, 2.45) is 0 Å². The van der Waals surface area contributed by atoms with Gasteiger partial charge in [0.1, 0.15) is 17.4 Å². The molecule has 0 saturated carbocycles. The zero-order valence-corrected chi connectivity index (χ0v) is 11.7. The van der Waals surface area contributed by atoms with Crippen LogP contribution in [0.15, 0.2) is 54.9 Å². The van der Waals surface area contributed by atoms with Gasteiger partial charge in [-0.15, -0.1) is 0 Å². The summed E-state index contributed by atoms with van der Waals surface area (Å²) in [6.45, 7) is 0.179. The van der Waals surface area contributed by atoms with Gasteiger partial charge in [-0.05, 0) is 36.4 Å². The number of carbonyl (C=O) groups excluding carboxylic acids is 1. The summed E-state index contributed by atoms with van der Waals surface area (Å²) in [4.78, 5) is 16.0. The second-order valence-corrected chi connectivity index (χ2v) is 4.69. The molecule has 22 heavy (non-hydrogen) atoms. The first-order valence-corrected chi connectivity index (χ1v) is 6.78. The molecule has 1 aromatic carbocycles. The standard InChI is InChI=1S/C16H14FN3O2/c17-12-4-6-14(7-5-12)22-11-16(21)19-10-15-18-9-13-3-1-2-8-20(13)15/h1-9H,10-11H2,(H,19,21). The van der Waals surface area contributed by atoms with Crippen LogP contribution in [-0.4, -0.2) is 21.9 Å². The van der Waals surface area contributed by atoms with Gasteiger partial charge in [-0.3, -0.25) is 4.79 Å². The molecule has 112 valence electrons. The molecule has 2 aromatic heterocycles. The van der Waals surface area contributed by atoms with E-state index in [1.807, 2.05) is 28.8 Å². The van der Waals surface area contributed by atoms with Crippen LogP contribution in [-0.2, 0) is 11.3 Å². The Morgan fingerprint density at radius 2 is 2.05 bits per heavy atom. The number of amides is 1. The van der Waals surface area contributed by atoms with Gasteiger partial charge in [0.05, 0.1) is 18.3 Å². The SMILES string of the molecule is O=C(COc1ccc(F)cc1)NCc1ncc2ccccn12. The number of hydrogen-bond acceptors (Lipinski definition) is 3. The second kappa shape index (κ2) is 6.26. The van der Waals surface area contributed by atoms with Gasteiger partial charge in [0.25, 0.3) is 5.91 Å². The van der Waals surface area contributed by atoms with Gasteiger partial charge in [0.15, 0.2) is 6.61 Å². The molecule has 0 aliphatic carbocycles. The molecule has 0 saturated heterocycles. The number of ether oxygens (including phenoxy) is 1. The number of imidazole rings is 1. The van der Waals surface area contributed by atoms with Crippen molar-refractivity contribution >= 4 is 11.4 Å². The quantitative estimate of drug-likeness (QED) is 0.785. The zero-order chi connectivity index (χ0) is 15.4. The topological polar surface area (TPSA) is 55.6 Å². The molecule has 0 unspecified atom stereocenters. The van der Waals surface area contributed by atoms with Crippen LogP contribution in [0.1, 0.15) is 5.82 Å². The van der Waals surface area contributed by atoms with Gasteiger partial charge in [-0.1, -0.05) is 6.07 Å². The third-order valence-electron chi connectivity index (χ3n) is 3.14. The molecule has 1 N–H and O–H groups in total. The first-order valence-electron chi connectivity index (χ1n) is 6.78. The predicted octanol–water partition coefficient (Wildman–Crippen LogP) is 2.17. The lowest BCUT2D eigenvalue weighted by Gasteiger charge is -2.07. The number of pyridine rings is 1. The Bertz CT molecular complexity index is 783. The van der Waals surface area contributed by atoms with Crippen LogP contribution < -0.4 is 10.1 Å². The van der Waals surface area contributed by atoms with E-state index in [9.17, 15) is 9.18 Å². The number of hydrogen-bond donors (Lipinski definition) is 1. The summed E-state index contributed by atoms with van der Waals surface area (Å²) in [6.07, 6.45) is 3.63. The van der Waals surface area contributed by atoms with Crippen LogP contribution >= 0.6 is 0 Å². The Kier molecular flexibility index (Phi) is 4.00. The molecule has 0 fully saturated rings. The number of carbonyl (C=O) groups is 1. The highest BCUT2D eigenvalue weighted by molar-refractivity contribution is 5.77. The van der Waals surface area contributed by atoms with Gasteiger partial charge >= 0.3 is 0 Å². The maximum atomic E-state index is 12.7. The fourth-order valence-corrected chi connectivity index (χ4v) is 2.04. The van der Waals surface area contributed by atoms with E-state index in [2.05, 4.69) is 10.3 Å². The summed E-state index contributed by atoms with van der Waals surface area (Å²) >= 11 is 0. The van der Waals surface area contributed by atoms with Crippen molar-refractivity contribution in [3.05, 3.63) is 66.5 Å². The van der Waals surface area contributed by atoms with E-state index in [4.69, 9.17) is 4.74 Å². The summed E-state index contributed by atoms with van der Waals surface area (Å²) in [5.74, 6) is 0.577. The summed E-state index contributed by atoms with van der Waals surface area (Å²) in [7, 11) is 0. The van der Waals surface area contributed by atoms with Gasteiger partial charge in [-0.25, -0.2) is 9.37 Å². The largest absolute Gasteiger partial charge is 0.484 e. The molecule has 0 radical (unpaired) electrons. The maximum absolute atomic E-state index is 12.7. The second-order valence-electron chi connectivity index (χ2n) is 4.69. The first kappa shape index (κ1) is 14.1. The van der Waals surface area contributed by atoms with E-state index >= 15 is 0 Å². The van der Waals surface area contributed by atoms with Crippen molar-refractivity contribution in [2.75, 3.05) is 6.61 Å². The molecule has 0 spiro atoms. The summed E-state index contributed by atoms with van der Waals surface area (Å²) in [5.41, 5.74) is 0.967. The molecule has 0 aliphatic rings. The Hall–Kier alpha value is -2.89. The maximum Gasteiger partial charge on any atom is 0.258 e. The van der Waals surface area contributed by atoms with E-state index in [0.29, 0.717) is 12.3 Å². The average molecular weight is 299 g/mol. The lowest BCUT2D eigenvalue weighted by molar-refractivity contribution is -0.123. The predicted molar refractivity (Wildman–Crippen MR) is 78.9 cm³/mol. The van der Waals surface area contributed by atoms with Crippen LogP contribution in [0.25, 0.3) is 5.52 Å². The molecule has 0 atom stereocenters. The van der Waals surface area contributed by atoms with Crippen molar-refractivity contribution in [3.63, 3.8) is 0 Å². The minimum absolute atomic E-state index is 0.130. The van der Waals surface area contributed by atoms with Crippen molar-refractivity contribution in [2.45, 2.75) is 6.54 Å². The van der Waals surface area contributed by atoms with Crippen LogP contribution in [0.4, 0.5) is 4.39 Å². The Balaban J connectivity index is 1.53. The Morgan fingerprint density at radius 1 is 1.23 bits per heavy atom. The highest BCUT2D eigenvalue weighted by Crippen LogP contribution is 2.10. The lowest BCUT2D eigenvalue weighted by atomic mass is 10.3. The number of nitrogens with one attached hydrogen (secondary N) is 1. The van der Waals surface area contributed by atoms with Crippen LogP contribution in [0, 0.1) is 5.82 Å². The third-order valence-corrected chi connectivity index (χ3v) is 3.14. The van der Waals surface area contributed by atoms with E-state index < -0.39 is 0 Å². The van der Waals surface area contributed by atoms with Crippen LogP contribution in [0.5, 0.6) is 5.75 Å². The average Bonchev–Trinajstić information content (AvgIpc) is 2.96. The minimum atomic E-state index is -0.344. The number of halogens is 1. The fraction of sp³-hybridized carbons (Fsp3) is 0.125. The molecule has 0 aliphatic heterocycles. The number of nitrogens with zero attached hydrogens (tertiary/aromatic N) is 2. The number of aromatic nitrogens is 2. The first-order chi connectivity index (χ1) is 10.7. The molecule has 0 bridgehead atoms. The van der Waals surface area contributed by atoms with E-state index in [1.165, 1.54) is 24.3 Å². The zero-order valence-electron chi connectivity index (χ0n) is 11.7. The lowest BCUT2D eigenvalue weighted by Crippen LogP contribution is -2.29. The third kappa shape index (κ3) is 3.22. The molecule has 6 heteroatoms. The van der Waals surface area contributed by atoms with Crippen LogP contribution in [0.2, 0.25) is 0 Å². The molecule has 1 amide bonds. The number of rotatable bonds is 5. The summed E-state index contributed by atoms with van der Waals surface area (Å²) < 4.78 is 19.9. The number of fused-ring (bicyclic) bond motifs is 1. The van der Waals surface area contributed by atoms with E-state index in [-0.39, 0.29) is 18.3 Å². The molecule has 5 nitrogen and oxygen atoms in total. The van der Waals surface area contributed by atoms with Gasteiger partial charge in [-0.2, -0.15) is 0 Å². The smallest absolute Gasteiger partial charge is 0.258 e. The molecular weight excluding hydrogens is 285 g/mol. The van der Waals surface area contributed by atoms with E-state index in [1.54, 1.807) is 6.20 Å². The molecule has 3 aromatic rings. The Labute approximate surface area is 126 Å². The minimum Gasteiger partial charge on any atom is -0.484 e. The van der Waals surface area contributed by atoms with Crippen molar-refractivity contribution in [3.8, 4) is 5.75 Å². The van der Waals surface area contributed by atoms with Crippen molar-refractivity contribution in [1.29, 1.82) is 0 Å². The molecule has 2 heterocycles. The highest BCUT2D eigenvalue weighted by atomic mass is 19.1. The monoisotopic (exact) mass is 299 g/mol. The van der Waals surface area contributed by atoms with Crippen molar-refractivity contribution in [1.82, 2.24) is 14.7 Å².